The molecule has 1 aromatic carbocycles. The predicted molar refractivity (Wildman–Crippen MR) is 128 cm³/mol. The molecule has 1 aromatic rings. The van der Waals surface area contributed by atoms with Crippen molar-refractivity contribution in [3.8, 4) is 5.75 Å². The van der Waals surface area contributed by atoms with Gasteiger partial charge in [0.05, 0.1) is 6.54 Å². The predicted octanol–water partition coefficient (Wildman–Crippen LogP) is 4.03. The first-order valence-corrected chi connectivity index (χ1v) is 10.7. The van der Waals surface area contributed by atoms with Crippen LogP contribution in [0.2, 0.25) is 0 Å². The Morgan fingerprint density at radius 2 is 1.86 bits per heavy atom. The molecule has 2 N–H and O–H groups in total. The third-order valence-corrected chi connectivity index (χ3v) is 5.98. The average molecular weight is 500 g/mol. The van der Waals surface area contributed by atoms with Crippen LogP contribution >= 0.6 is 24.0 Å². The molecule has 3 unspecified atom stereocenters. The van der Waals surface area contributed by atoms with E-state index in [-0.39, 0.29) is 30.1 Å². The Morgan fingerprint density at radius 3 is 2.46 bits per heavy atom. The standard InChI is InChI=1S/C22H36N4O.HI/c1-4-20(27-21-12-7-6-8-13-21)16-24-22(23-5-2)25-17-14-18-10-9-11-19(15-17)26(18)3;/h6-8,12-13,17-20H,4-5,9-11,14-16H2,1-3H3,(H2,23,24,25);1H. The van der Waals surface area contributed by atoms with Crippen molar-refractivity contribution in [2.24, 2.45) is 4.99 Å². The average Bonchev–Trinajstić information content (AvgIpc) is 2.66. The van der Waals surface area contributed by atoms with Gasteiger partial charge in [0, 0.05) is 24.7 Å². The minimum atomic E-state index is 0. The maximum Gasteiger partial charge on any atom is 0.191 e. The van der Waals surface area contributed by atoms with Crippen LogP contribution in [0.5, 0.6) is 5.75 Å². The number of nitrogens with one attached hydrogen (secondary N) is 2. The van der Waals surface area contributed by atoms with Crippen molar-refractivity contribution in [1.29, 1.82) is 0 Å². The second kappa shape index (κ2) is 11.9. The third-order valence-electron chi connectivity index (χ3n) is 5.98. The lowest BCUT2D eigenvalue weighted by molar-refractivity contribution is 0.0526. The Balaban J connectivity index is 0.00000280. The van der Waals surface area contributed by atoms with Gasteiger partial charge in [-0.15, -0.1) is 24.0 Å². The molecule has 158 valence electrons. The van der Waals surface area contributed by atoms with E-state index in [1.807, 2.05) is 30.3 Å². The van der Waals surface area contributed by atoms with Crippen LogP contribution in [0.25, 0.3) is 0 Å². The normalized spacial score (nSPS) is 26.1. The molecule has 3 atom stereocenters. The van der Waals surface area contributed by atoms with E-state index in [9.17, 15) is 0 Å². The van der Waals surface area contributed by atoms with Crippen molar-refractivity contribution < 1.29 is 4.74 Å². The van der Waals surface area contributed by atoms with Gasteiger partial charge in [0.15, 0.2) is 5.96 Å². The topological polar surface area (TPSA) is 48.9 Å². The quantitative estimate of drug-likeness (QED) is 0.337. The van der Waals surface area contributed by atoms with E-state index in [4.69, 9.17) is 9.73 Å². The second-order valence-electron chi connectivity index (χ2n) is 7.90. The molecule has 0 spiro atoms. The zero-order chi connectivity index (χ0) is 19.1. The number of para-hydroxylation sites is 1. The van der Waals surface area contributed by atoms with Gasteiger partial charge in [0.2, 0.25) is 0 Å². The smallest absolute Gasteiger partial charge is 0.191 e. The SMILES string of the molecule is CCNC(=NCC(CC)Oc1ccccc1)NC1CC2CCCC(C1)N2C.I. The van der Waals surface area contributed by atoms with E-state index in [0.29, 0.717) is 12.6 Å². The molecule has 3 rings (SSSR count). The monoisotopic (exact) mass is 500 g/mol. The summed E-state index contributed by atoms with van der Waals surface area (Å²) in [5.41, 5.74) is 0. The summed E-state index contributed by atoms with van der Waals surface area (Å²) in [7, 11) is 2.30. The van der Waals surface area contributed by atoms with Crippen LogP contribution in [0, 0.1) is 0 Å². The molecule has 2 saturated heterocycles. The molecule has 0 aliphatic carbocycles. The number of hydrogen-bond donors (Lipinski definition) is 2. The van der Waals surface area contributed by atoms with E-state index in [1.54, 1.807) is 0 Å². The van der Waals surface area contributed by atoms with Gasteiger partial charge in [-0.2, -0.15) is 0 Å². The van der Waals surface area contributed by atoms with E-state index in [1.165, 1.54) is 32.1 Å². The summed E-state index contributed by atoms with van der Waals surface area (Å²) in [4.78, 5) is 7.45. The molecular formula is C22H37IN4O. The fourth-order valence-electron chi connectivity index (χ4n) is 4.38. The highest BCUT2D eigenvalue weighted by molar-refractivity contribution is 14.0. The first kappa shape index (κ1) is 23.3. The molecule has 2 aliphatic rings. The highest BCUT2D eigenvalue weighted by Gasteiger charge is 2.36. The van der Waals surface area contributed by atoms with Gasteiger partial charge in [-0.1, -0.05) is 31.5 Å². The van der Waals surface area contributed by atoms with Crippen molar-refractivity contribution in [3.05, 3.63) is 30.3 Å². The lowest BCUT2D eigenvalue weighted by Crippen LogP contribution is -2.56. The molecule has 2 fully saturated rings. The largest absolute Gasteiger partial charge is 0.489 e. The summed E-state index contributed by atoms with van der Waals surface area (Å²) >= 11 is 0. The van der Waals surface area contributed by atoms with Gasteiger partial charge >= 0.3 is 0 Å². The van der Waals surface area contributed by atoms with Crippen LogP contribution in [-0.2, 0) is 0 Å². The lowest BCUT2D eigenvalue weighted by atomic mass is 9.82. The maximum atomic E-state index is 6.09. The molecule has 5 nitrogen and oxygen atoms in total. The first-order valence-electron chi connectivity index (χ1n) is 10.7. The Hall–Kier alpha value is -1.02. The number of piperidine rings is 2. The molecule has 28 heavy (non-hydrogen) atoms. The van der Waals surface area contributed by atoms with Crippen molar-refractivity contribution in [2.45, 2.75) is 76.6 Å². The van der Waals surface area contributed by atoms with Crippen molar-refractivity contribution in [2.75, 3.05) is 20.1 Å². The van der Waals surface area contributed by atoms with Gasteiger partial charge in [0.25, 0.3) is 0 Å². The molecule has 0 saturated carbocycles. The Morgan fingerprint density at radius 1 is 1.18 bits per heavy atom. The van der Waals surface area contributed by atoms with E-state index in [0.717, 1.165) is 36.8 Å². The number of ether oxygens (including phenoxy) is 1. The highest BCUT2D eigenvalue weighted by Crippen LogP contribution is 2.32. The van der Waals surface area contributed by atoms with Gasteiger partial charge < -0.3 is 20.3 Å². The summed E-state index contributed by atoms with van der Waals surface area (Å²) in [5.74, 6) is 1.85. The minimum Gasteiger partial charge on any atom is -0.489 e. The molecule has 0 aromatic heterocycles. The molecule has 0 amide bonds. The van der Waals surface area contributed by atoms with Crippen molar-refractivity contribution in [1.82, 2.24) is 15.5 Å². The minimum absolute atomic E-state index is 0. The van der Waals surface area contributed by atoms with E-state index in [2.05, 4.69) is 36.4 Å². The lowest BCUT2D eigenvalue weighted by Gasteiger charge is -2.47. The molecule has 2 heterocycles. The highest BCUT2D eigenvalue weighted by atomic mass is 127. The molecule has 0 radical (unpaired) electrons. The third kappa shape index (κ3) is 6.51. The Kier molecular flexibility index (Phi) is 9.85. The summed E-state index contributed by atoms with van der Waals surface area (Å²) < 4.78 is 6.09. The van der Waals surface area contributed by atoms with E-state index < -0.39 is 0 Å². The molecule has 6 heteroatoms. The Bertz CT molecular complexity index is 583. The van der Waals surface area contributed by atoms with E-state index >= 15 is 0 Å². The van der Waals surface area contributed by atoms with Crippen LogP contribution in [0.3, 0.4) is 0 Å². The summed E-state index contributed by atoms with van der Waals surface area (Å²) in [5, 5.41) is 7.13. The van der Waals surface area contributed by atoms with Crippen molar-refractivity contribution in [3.63, 3.8) is 0 Å². The molecule has 2 bridgehead atoms. The summed E-state index contributed by atoms with van der Waals surface area (Å²) in [6.45, 7) is 5.82. The van der Waals surface area contributed by atoms with Crippen LogP contribution in [0.4, 0.5) is 0 Å². The number of guanidine groups is 1. The molecular weight excluding hydrogens is 463 g/mol. The molecule has 2 aliphatic heterocycles. The van der Waals surface area contributed by atoms with Crippen LogP contribution in [-0.4, -0.2) is 55.2 Å². The fraction of sp³-hybridized carbons (Fsp3) is 0.682. The van der Waals surface area contributed by atoms with Crippen molar-refractivity contribution >= 4 is 29.9 Å². The number of nitrogens with zero attached hydrogens (tertiary/aromatic N) is 2. The number of halogens is 1. The number of rotatable bonds is 7. The zero-order valence-electron chi connectivity index (χ0n) is 17.6. The Labute approximate surface area is 187 Å². The number of fused-ring (bicyclic) bond motifs is 2. The number of benzene rings is 1. The van der Waals surface area contributed by atoms with Crippen LogP contribution in [0.15, 0.2) is 35.3 Å². The number of hydrogen-bond acceptors (Lipinski definition) is 3. The number of aliphatic imine (C=N–C) groups is 1. The summed E-state index contributed by atoms with van der Waals surface area (Å²) in [6, 6.07) is 12.0. The van der Waals surface area contributed by atoms with Crippen LogP contribution in [0.1, 0.15) is 52.4 Å². The second-order valence-corrected chi connectivity index (χ2v) is 7.90. The van der Waals surface area contributed by atoms with Gasteiger partial charge in [-0.25, -0.2) is 4.99 Å². The summed E-state index contributed by atoms with van der Waals surface area (Å²) in [6.07, 6.45) is 7.53. The fourth-order valence-corrected chi connectivity index (χ4v) is 4.38. The van der Waals surface area contributed by atoms with Gasteiger partial charge in [-0.3, -0.25) is 0 Å². The van der Waals surface area contributed by atoms with Crippen LogP contribution < -0.4 is 15.4 Å². The first-order chi connectivity index (χ1) is 13.2. The maximum absolute atomic E-state index is 6.09. The van der Waals surface area contributed by atoms with Gasteiger partial charge in [0.1, 0.15) is 11.9 Å². The van der Waals surface area contributed by atoms with Gasteiger partial charge in [-0.05, 0) is 58.2 Å². The zero-order valence-corrected chi connectivity index (χ0v) is 19.9.